The van der Waals surface area contributed by atoms with E-state index in [1.54, 1.807) is 29.5 Å². The summed E-state index contributed by atoms with van der Waals surface area (Å²) in [6.07, 6.45) is 0. The van der Waals surface area contributed by atoms with Gasteiger partial charge in [0.2, 0.25) is 10.0 Å². The van der Waals surface area contributed by atoms with E-state index < -0.39 is 10.0 Å². The van der Waals surface area contributed by atoms with Gasteiger partial charge in [-0.1, -0.05) is 12.1 Å². The first-order valence-corrected chi connectivity index (χ1v) is 8.16. The first-order valence-electron chi connectivity index (χ1n) is 5.78. The number of thiophene rings is 1. The lowest BCUT2D eigenvalue weighted by Crippen LogP contribution is -2.23. The van der Waals surface area contributed by atoms with Gasteiger partial charge < -0.3 is 5.32 Å². The highest BCUT2D eigenvalue weighted by molar-refractivity contribution is 7.89. The zero-order valence-electron chi connectivity index (χ0n) is 10.8. The van der Waals surface area contributed by atoms with Crippen LogP contribution in [0.5, 0.6) is 0 Å². The average Bonchev–Trinajstić information content (AvgIpc) is 2.89. The number of sulfonamides is 1. The third-order valence-corrected chi connectivity index (χ3v) is 5.31. The molecule has 0 amide bonds. The van der Waals surface area contributed by atoms with Crippen LogP contribution in [0.1, 0.15) is 5.56 Å². The van der Waals surface area contributed by atoms with Gasteiger partial charge in [-0.2, -0.15) is 11.3 Å². The predicted molar refractivity (Wildman–Crippen MR) is 79.0 cm³/mol. The minimum atomic E-state index is -3.43. The third-order valence-electron chi connectivity index (χ3n) is 2.71. The highest BCUT2D eigenvalue weighted by atomic mass is 32.2. The van der Waals surface area contributed by atoms with Crippen LogP contribution >= 0.6 is 11.3 Å². The third kappa shape index (κ3) is 3.15. The Morgan fingerprint density at radius 1 is 1.21 bits per heavy atom. The lowest BCUT2D eigenvalue weighted by molar-refractivity contribution is 0.521. The molecule has 4 nitrogen and oxygen atoms in total. The molecule has 102 valence electrons. The SMILES string of the molecule is CN(C)S(=O)(=O)c1ccccc1NCc1ccsc1. The van der Waals surface area contributed by atoms with Crippen molar-refractivity contribution in [2.75, 3.05) is 19.4 Å². The lowest BCUT2D eigenvalue weighted by Gasteiger charge is -2.15. The van der Waals surface area contributed by atoms with Crippen molar-refractivity contribution in [2.45, 2.75) is 11.4 Å². The highest BCUT2D eigenvalue weighted by Gasteiger charge is 2.20. The van der Waals surface area contributed by atoms with Crippen molar-refractivity contribution in [3.8, 4) is 0 Å². The van der Waals surface area contributed by atoms with E-state index in [-0.39, 0.29) is 0 Å². The molecule has 0 saturated heterocycles. The minimum absolute atomic E-state index is 0.301. The summed E-state index contributed by atoms with van der Waals surface area (Å²) in [7, 11) is -0.360. The summed E-state index contributed by atoms with van der Waals surface area (Å²) in [4.78, 5) is 0.301. The van der Waals surface area contributed by atoms with Crippen LogP contribution in [0.2, 0.25) is 0 Å². The minimum Gasteiger partial charge on any atom is -0.380 e. The Hall–Kier alpha value is -1.37. The Morgan fingerprint density at radius 2 is 1.95 bits per heavy atom. The number of hydrogen-bond donors (Lipinski definition) is 1. The fraction of sp³-hybridized carbons (Fsp3) is 0.231. The monoisotopic (exact) mass is 296 g/mol. The van der Waals surface area contributed by atoms with Crippen LogP contribution in [0.4, 0.5) is 5.69 Å². The molecular formula is C13H16N2O2S2. The first-order chi connectivity index (χ1) is 9.01. The van der Waals surface area contributed by atoms with Gasteiger partial charge in [0.15, 0.2) is 0 Å². The van der Waals surface area contributed by atoms with Crippen molar-refractivity contribution >= 4 is 27.0 Å². The molecule has 2 rings (SSSR count). The summed E-state index contributed by atoms with van der Waals surface area (Å²) in [6, 6.07) is 8.96. The van der Waals surface area contributed by atoms with Gasteiger partial charge in [0.25, 0.3) is 0 Å². The van der Waals surface area contributed by atoms with Crippen molar-refractivity contribution in [1.82, 2.24) is 4.31 Å². The van der Waals surface area contributed by atoms with E-state index in [9.17, 15) is 8.42 Å². The summed E-state index contributed by atoms with van der Waals surface area (Å²) in [5, 5.41) is 7.21. The number of nitrogens with one attached hydrogen (secondary N) is 1. The molecule has 0 aliphatic carbocycles. The zero-order valence-corrected chi connectivity index (χ0v) is 12.5. The Morgan fingerprint density at radius 3 is 2.58 bits per heavy atom. The molecule has 1 heterocycles. The fourth-order valence-electron chi connectivity index (χ4n) is 1.62. The van der Waals surface area contributed by atoms with E-state index in [2.05, 4.69) is 5.32 Å². The van der Waals surface area contributed by atoms with Crippen molar-refractivity contribution in [3.63, 3.8) is 0 Å². The highest BCUT2D eigenvalue weighted by Crippen LogP contribution is 2.23. The van der Waals surface area contributed by atoms with Crippen molar-refractivity contribution in [2.24, 2.45) is 0 Å². The molecule has 0 saturated carbocycles. The van der Waals surface area contributed by atoms with Gasteiger partial charge in [-0.25, -0.2) is 12.7 Å². The maximum atomic E-state index is 12.2. The largest absolute Gasteiger partial charge is 0.380 e. The van der Waals surface area contributed by atoms with Crippen LogP contribution in [0.3, 0.4) is 0 Å². The van der Waals surface area contributed by atoms with Crippen LogP contribution < -0.4 is 5.32 Å². The van der Waals surface area contributed by atoms with Crippen LogP contribution in [0.15, 0.2) is 46.0 Å². The second kappa shape index (κ2) is 5.73. The van der Waals surface area contributed by atoms with Crippen LogP contribution in [-0.4, -0.2) is 26.8 Å². The molecule has 0 atom stereocenters. The van der Waals surface area contributed by atoms with Crippen molar-refractivity contribution in [1.29, 1.82) is 0 Å². The Kier molecular flexibility index (Phi) is 4.24. The molecule has 0 spiro atoms. The number of nitrogens with zero attached hydrogens (tertiary/aromatic N) is 1. The van der Waals surface area contributed by atoms with Gasteiger partial charge in [0, 0.05) is 20.6 Å². The smallest absolute Gasteiger partial charge is 0.244 e. The molecule has 0 radical (unpaired) electrons. The number of anilines is 1. The number of rotatable bonds is 5. The van der Waals surface area contributed by atoms with E-state index in [0.29, 0.717) is 17.1 Å². The fourth-order valence-corrected chi connectivity index (χ4v) is 3.36. The number of benzene rings is 1. The Labute approximate surface area is 117 Å². The molecule has 0 fully saturated rings. The summed E-state index contributed by atoms with van der Waals surface area (Å²) in [6.45, 7) is 0.615. The van der Waals surface area contributed by atoms with E-state index >= 15 is 0 Å². The molecule has 2 aromatic rings. The molecule has 0 unspecified atom stereocenters. The molecule has 1 aromatic heterocycles. The van der Waals surface area contributed by atoms with Gasteiger partial charge in [-0.15, -0.1) is 0 Å². The van der Waals surface area contributed by atoms with Crippen molar-refractivity contribution < 1.29 is 8.42 Å². The summed E-state index contributed by atoms with van der Waals surface area (Å²) < 4.78 is 25.6. The maximum absolute atomic E-state index is 12.2. The van der Waals surface area contributed by atoms with E-state index in [0.717, 1.165) is 5.56 Å². The molecule has 6 heteroatoms. The van der Waals surface area contributed by atoms with Gasteiger partial charge in [0.1, 0.15) is 4.90 Å². The van der Waals surface area contributed by atoms with Gasteiger partial charge in [-0.3, -0.25) is 0 Å². The summed E-state index contributed by atoms with van der Waals surface area (Å²) in [5.74, 6) is 0. The topological polar surface area (TPSA) is 49.4 Å². The average molecular weight is 296 g/mol. The van der Waals surface area contributed by atoms with Crippen LogP contribution in [0, 0.1) is 0 Å². The van der Waals surface area contributed by atoms with E-state index in [4.69, 9.17) is 0 Å². The summed E-state index contributed by atoms with van der Waals surface area (Å²) in [5.41, 5.74) is 1.77. The van der Waals surface area contributed by atoms with Gasteiger partial charge in [-0.05, 0) is 34.5 Å². The maximum Gasteiger partial charge on any atom is 0.244 e. The second-order valence-corrected chi connectivity index (χ2v) is 7.17. The van der Waals surface area contributed by atoms with E-state index in [1.807, 2.05) is 22.9 Å². The Balaban J connectivity index is 2.27. The van der Waals surface area contributed by atoms with Crippen LogP contribution in [-0.2, 0) is 16.6 Å². The number of hydrogen-bond acceptors (Lipinski definition) is 4. The van der Waals surface area contributed by atoms with Gasteiger partial charge in [0.05, 0.1) is 5.69 Å². The molecular weight excluding hydrogens is 280 g/mol. The second-order valence-electron chi connectivity index (χ2n) is 4.27. The van der Waals surface area contributed by atoms with Crippen LogP contribution in [0.25, 0.3) is 0 Å². The first kappa shape index (κ1) is 14.0. The predicted octanol–water partition coefficient (Wildman–Crippen LogP) is 2.61. The number of para-hydroxylation sites is 1. The molecule has 0 bridgehead atoms. The normalized spacial score (nSPS) is 11.7. The summed E-state index contributed by atoms with van der Waals surface area (Å²) >= 11 is 1.62. The molecule has 0 aliphatic heterocycles. The zero-order chi connectivity index (χ0) is 13.9. The molecule has 0 aliphatic rings. The Bertz CT molecular complexity index is 634. The molecule has 1 N–H and O–H groups in total. The molecule has 1 aromatic carbocycles. The van der Waals surface area contributed by atoms with Crippen molar-refractivity contribution in [3.05, 3.63) is 46.7 Å². The standard InChI is InChI=1S/C13H16N2O2S2/c1-15(2)19(16,17)13-6-4-3-5-12(13)14-9-11-7-8-18-10-11/h3-8,10,14H,9H2,1-2H3. The lowest BCUT2D eigenvalue weighted by atomic mass is 10.3. The molecule has 19 heavy (non-hydrogen) atoms. The van der Waals surface area contributed by atoms with Gasteiger partial charge >= 0.3 is 0 Å². The van der Waals surface area contributed by atoms with E-state index in [1.165, 1.54) is 18.4 Å². The quantitative estimate of drug-likeness (QED) is 0.922.